The second-order valence-electron chi connectivity index (χ2n) is 13.2. The van der Waals surface area contributed by atoms with Crippen molar-refractivity contribution in [2.45, 2.75) is 91.3 Å². The van der Waals surface area contributed by atoms with Crippen LogP contribution in [0.2, 0.25) is 0 Å². The molecule has 0 aliphatic carbocycles. The largest absolute Gasteiger partial charge is 0.488 e. The highest BCUT2D eigenvalue weighted by Crippen LogP contribution is 2.45. The van der Waals surface area contributed by atoms with Crippen LogP contribution in [-0.2, 0) is 32.7 Å². The number of carboxylic acid groups (broad SMARTS) is 1. The number of carbonyl (C=O) groups excluding carboxylic acids is 1. The third-order valence-corrected chi connectivity index (χ3v) is 11.5. The molecule has 0 radical (unpaired) electrons. The Labute approximate surface area is 276 Å². The van der Waals surface area contributed by atoms with Gasteiger partial charge in [0.25, 0.3) is 0 Å². The Balaban J connectivity index is 1.63. The summed E-state index contributed by atoms with van der Waals surface area (Å²) in [5.74, 6) is -2.17. The minimum absolute atomic E-state index is 0.116. The van der Waals surface area contributed by atoms with Crippen LogP contribution in [0, 0.1) is 25.2 Å². The molecule has 0 spiro atoms. The fourth-order valence-corrected chi connectivity index (χ4v) is 8.11. The van der Waals surface area contributed by atoms with E-state index >= 15 is 0 Å². The Morgan fingerprint density at radius 1 is 1.09 bits per heavy atom. The van der Waals surface area contributed by atoms with Gasteiger partial charge in [0.05, 0.1) is 18.0 Å². The minimum atomic E-state index is -3.88. The van der Waals surface area contributed by atoms with E-state index in [4.69, 9.17) is 4.74 Å². The van der Waals surface area contributed by atoms with Crippen LogP contribution in [0.25, 0.3) is 11.0 Å². The van der Waals surface area contributed by atoms with E-state index < -0.39 is 33.2 Å². The predicted molar refractivity (Wildman–Crippen MR) is 180 cm³/mol. The first kappa shape index (κ1) is 34.3. The van der Waals surface area contributed by atoms with E-state index in [1.54, 1.807) is 31.2 Å². The monoisotopic (exact) mass is 660 g/mol. The lowest BCUT2D eigenvalue weighted by Gasteiger charge is -2.36. The summed E-state index contributed by atoms with van der Waals surface area (Å²) in [6.45, 7) is 14.1. The number of aromatic nitrogens is 3. The first-order valence-electron chi connectivity index (χ1n) is 16.1. The molecule has 1 aromatic heterocycles. The summed E-state index contributed by atoms with van der Waals surface area (Å²) in [4.78, 5) is 25.9. The highest BCUT2D eigenvalue weighted by Gasteiger charge is 2.41. The summed E-state index contributed by atoms with van der Waals surface area (Å²) in [6, 6.07) is 16.7. The Kier molecular flexibility index (Phi) is 9.62. The van der Waals surface area contributed by atoms with Gasteiger partial charge in [0, 0.05) is 30.8 Å². The second-order valence-corrected chi connectivity index (χ2v) is 15.1. The van der Waals surface area contributed by atoms with E-state index in [1.165, 1.54) is 4.31 Å². The van der Waals surface area contributed by atoms with Gasteiger partial charge in [-0.1, -0.05) is 69.3 Å². The number of fused-ring (bicyclic) bond motifs is 2. The van der Waals surface area contributed by atoms with Crippen LogP contribution < -0.4 is 4.74 Å². The molecule has 0 fully saturated rings. The summed E-state index contributed by atoms with van der Waals surface area (Å²) in [7, 11) is -3.88. The van der Waals surface area contributed by atoms with Gasteiger partial charge < -0.3 is 9.84 Å². The Bertz CT molecular complexity index is 1930. The summed E-state index contributed by atoms with van der Waals surface area (Å²) >= 11 is 0. The summed E-state index contributed by atoms with van der Waals surface area (Å²) in [5, 5.41) is 18.4. The number of benzene rings is 3. The lowest BCUT2D eigenvalue weighted by Crippen LogP contribution is -2.37. The number of hydrogen-bond acceptors (Lipinski definition) is 7. The number of aryl methyl sites for hydroxylation is 3. The zero-order valence-corrected chi connectivity index (χ0v) is 29.0. The SMILES string of the molecule is CC[C@@H]1CN(Cc2cc([C@@H](c3ccc4c(nnn4CC)c3C)C(C)(C)C(=O)CC(C)C(=O)O)ccc2C)S(=O)(=O)c2ccccc2O1. The maximum atomic E-state index is 14.0. The topological polar surface area (TPSA) is 132 Å². The quantitative estimate of drug-likeness (QED) is 0.199. The summed E-state index contributed by atoms with van der Waals surface area (Å²) < 4.78 is 37.4. The van der Waals surface area contributed by atoms with E-state index in [0.29, 0.717) is 18.7 Å². The van der Waals surface area contributed by atoms with Crippen LogP contribution in [0.5, 0.6) is 5.75 Å². The lowest BCUT2D eigenvalue weighted by atomic mass is 9.66. The van der Waals surface area contributed by atoms with E-state index in [0.717, 1.165) is 38.9 Å². The number of Topliss-reactive ketones (excluding diaryl/α,β-unsaturated/α-hetero) is 1. The number of aliphatic carboxylic acids is 1. The molecule has 5 rings (SSSR count). The predicted octanol–water partition coefficient (Wildman–Crippen LogP) is 6.27. The highest BCUT2D eigenvalue weighted by molar-refractivity contribution is 7.89. The molecular weight excluding hydrogens is 616 g/mol. The number of para-hydroxylation sites is 1. The van der Waals surface area contributed by atoms with Gasteiger partial charge in [-0.3, -0.25) is 9.59 Å². The van der Waals surface area contributed by atoms with Gasteiger partial charge in [-0.25, -0.2) is 13.1 Å². The first-order chi connectivity index (χ1) is 22.2. The standard InChI is InChI=1S/C36H44N4O6S/c1-8-27-21-39(47(44,45)31-13-11-10-12-30(31)46-27)20-26-19-25(15-14-22(26)3)33(36(6,7)32(41)18-23(4)35(42)43)28-16-17-29-34(24(28)5)37-38-40(29)9-2/h10-17,19,23,27,33H,8-9,18,20-21H2,1-7H3,(H,42,43)/t23?,27-,33+/m1/s1. The lowest BCUT2D eigenvalue weighted by molar-refractivity contribution is -0.144. The molecule has 3 aromatic carbocycles. The van der Waals surface area contributed by atoms with Gasteiger partial charge >= 0.3 is 5.97 Å². The van der Waals surface area contributed by atoms with Gasteiger partial charge in [-0.2, -0.15) is 4.31 Å². The number of nitrogens with zero attached hydrogens (tertiary/aromatic N) is 4. The van der Waals surface area contributed by atoms with Crippen LogP contribution in [0.15, 0.2) is 59.5 Å². The van der Waals surface area contributed by atoms with Crippen LogP contribution in [0.1, 0.15) is 81.2 Å². The molecule has 47 heavy (non-hydrogen) atoms. The normalized spacial score (nSPS) is 17.8. The van der Waals surface area contributed by atoms with Gasteiger partial charge in [-0.15, -0.1) is 5.10 Å². The molecule has 1 unspecified atom stereocenters. The third-order valence-electron chi connectivity index (χ3n) is 9.62. The van der Waals surface area contributed by atoms with Crippen molar-refractivity contribution in [3.05, 3.63) is 82.4 Å². The van der Waals surface area contributed by atoms with Crippen molar-refractivity contribution < 1.29 is 27.9 Å². The Morgan fingerprint density at radius 3 is 2.49 bits per heavy atom. The number of ketones is 1. The molecule has 3 atom stereocenters. The molecule has 0 saturated heterocycles. The number of ether oxygens (including phenoxy) is 1. The van der Waals surface area contributed by atoms with E-state index in [9.17, 15) is 23.1 Å². The molecule has 0 amide bonds. The molecular formula is C36H44N4O6S. The molecule has 1 aliphatic heterocycles. The van der Waals surface area contributed by atoms with Crippen molar-refractivity contribution in [1.29, 1.82) is 0 Å². The second kappa shape index (κ2) is 13.2. The van der Waals surface area contributed by atoms with Crippen LogP contribution in [-0.4, -0.2) is 57.2 Å². The molecule has 0 saturated carbocycles. The zero-order valence-electron chi connectivity index (χ0n) is 28.1. The summed E-state index contributed by atoms with van der Waals surface area (Å²) in [5.41, 5.74) is 4.92. The Morgan fingerprint density at radius 2 is 1.81 bits per heavy atom. The van der Waals surface area contributed by atoms with Gasteiger partial charge in [0.1, 0.15) is 28.0 Å². The maximum absolute atomic E-state index is 14.0. The maximum Gasteiger partial charge on any atom is 0.306 e. The number of carbonyl (C=O) groups is 2. The minimum Gasteiger partial charge on any atom is -0.488 e. The van der Waals surface area contributed by atoms with E-state index in [1.807, 2.05) is 76.6 Å². The van der Waals surface area contributed by atoms with Crippen molar-refractivity contribution in [3.8, 4) is 5.75 Å². The van der Waals surface area contributed by atoms with Gasteiger partial charge in [0.15, 0.2) is 0 Å². The zero-order chi connectivity index (χ0) is 34.3. The van der Waals surface area contributed by atoms with E-state index in [-0.39, 0.29) is 36.3 Å². The fraction of sp³-hybridized carbons (Fsp3) is 0.444. The summed E-state index contributed by atoms with van der Waals surface area (Å²) in [6.07, 6.45) is 0.203. The molecule has 10 nitrogen and oxygen atoms in total. The van der Waals surface area contributed by atoms with Gasteiger partial charge in [0.2, 0.25) is 10.0 Å². The molecule has 1 aliphatic rings. The molecule has 4 aromatic rings. The molecule has 250 valence electrons. The number of rotatable bonds is 11. The number of sulfonamides is 1. The highest BCUT2D eigenvalue weighted by atomic mass is 32.2. The number of carboxylic acids is 1. The fourth-order valence-electron chi connectivity index (χ4n) is 6.54. The van der Waals surface area contributed by atoms with Gasteiger partial charge in [-0.05, 0) is 73.2 Å². The van der Waals surface area contributed by atoms with Crippen molar-refractivity contribution in [3.63, 3.8) is 0 Å². The number of hydrogen-bond donors (Lipinski definition) is 1. The Hall–Kier alpha value is -4.09. The van der Waals surface area contributed by atoms with Crippen LogP contribution in [0.4, 0.5) is 0 Å². The van der Waals surface area contributed by atoms with E-state index in [2.05, 4.69) is 10.3 Å². The van der Waals surface area contributed by atoms with Crippen molar-refractivity contribution in [1.82, 2.24) is 19.3 Å². The van der Waals surface area contributed by atoms with Crippen LogP contribution >= 0.6 is 0 Å². The molecule has 2 heterocycles. The van der Waals surface area contributed by atoms with Crippen molar-refractivity contribution in [2.75, 3.05) is 6.54 Å². The molecule has 0 bridgehead atoms. The van der Waals surface area contributed by atoms with Crippen molar-refractivity contribution >= 4 is 32.8 Å². The smallest absolute Gasteiger partial charge is 0.306 e. The average Bonchev–Trinajstić information content (AvgIpc) is 3.42. The van der Waals surface area contributed by atoms with Crippen LogP contribution in [0.3, 0.4) is 0 Å². The molecule has 1 N–H and O–H groups in total. The first-order valence-corrected chi connectivity index (χ1v) is 17.6. The van der Waals surface area contributed by atoms with Crippen molar-refractivity contribution in [2.24, 2.45) is 11.3 Å². The average molecular weight is 661 g/mol. The molecule has 11 heteroatoms. The third kappa shape index (κ3) is 6.43.